The molecule has 2 N–H and O–H groups in total. The Morgan fingerprint density at radius 2 is 2.24 bits per heavy atom. The molecule has 0 aromatic carbocycles. The van der Waals surface area contributed by atoms with Gasteiger partial charge in [0.15, 0.2) is 0 Å². The van der Waals surface area contributed by atoms with Gasteiger partial charge in [0.1, 0.15) is 0 Å². The summed E-state index contributed by atoms with van der Waals surface area (Å²) < 4.78 is 0. The smallest absolute Gasteiger partial charge is 0.240 e. The molecule has 0 aromatic heterocycles. The lowest BCUT2D eigenvalue weighted by Crippen LogP contribution is -2.54. The highest BCUT2D eigenvalue weighted by atomic mass is 16.2. The van der Waals surface area contributed by atoms with Crippen molar-refractivity contribution in [2.24, 2.45) is 5.92 Å². The third-order valence-electron chi connectivity index (χ3n) is 4.25. The molecule has 2 rings (SSSR count). The average Bonchev–Trinajstić information content (AvgIpc) is 2.86. The van der Waals surface area contributed by atoms with E-state index in [2.05, 4.69) is 24.5 Å². The summed E-state index contributed by atoms with van der Waals surface area (Å²) in [6.07, 6.45) is 7.89. The van der Waals surface area contributed by atoms with Crippen LogP contribution < -0.4 is 10.6 Å². The Morgan fingerprint density at radius 3 is 2.82 bits per heavy atom. The normalized spacial score (nSPS) is 35.9. The molecule has 0 radical (unpaired) electrons. The third kappa shape index (κ3) is 2.82. The van der Waals surface area contributed by atoms with Gasteiger partial charge in [0, 0.05) is 6.04 Å². The summed E-state index contributed by atoms with van der Waals surface area (Å²) in [4.78, 5) is 12.4. The van der Waals surface area contributed by atoms with Gasteiger partial charge in [0.25, 0.3) is 0 Å². The van der Waals surface area contributed by atoms with E-state index in [9.17, 15) is 4.79 Å². The van der Waals surface area contributed by atoms with Crippen molar-refractivity contribution >= 4 is 5.91 Å². The van der Waals surface area contributed by atoms with Crippen molar-refractivity contribution in [2.45, 2.75) is 70.4 Å². The molecule has 17 heavy (non-hydrogen) atoms. The van der Waals surface area contributed by atoms with Gasteiger partial charge in [0.2, 0.25) is 5.91 Å². The Kier molecular flexibility index (Phi) is 4.08. The van der Waals surface area contributed by atoms with E-state index in [1.807, 2.05) is 0 Å². The Labute approximate surface area is 105 Å². The lowest BCUT2D eigenvalue weighted by molar-refractivity contribution is -0.127. The van der Waals surface area contributed by atoms with Gasteiger partial charge in [-0.2, -0.15) is 0 Å². The maximum atomic E-state index is 12.4. The average molecular weight is 238 g/mol. The van der Waals surface area contributed by atoms with E-state index in [1.165, 1.54) is 19.3 Å². The zero-order valence-electron chi connectivity index (χ0n) is 11.2. The van der Waals surface area contributed by atoms with Crippen molar-refractivity contribution in [3.8, 4) is 0 Å². The summed E-state index contributed by atoms with van der Waals surface area (Å²) in [6.45, 7) is 5.37. The summed E-state index contributed by atoms with van der Waals surface area (Å²) in [5.74, 6) is 1.02. The number of hydrogen-bond donors (Lipinski definition) is 2. The van der Waals surface area contributed by atoms with E-state index in [1.54, 1.807) is 0 Å². The quantitative estimate of drug-likeness (QED) is 0.745. The molecule has 1 aliphatic carbocycles. The van der Waals surface area contributed by atoms with Crippen LogP contribution in [0.4, 0.5) is 0 Å². The molecule has 3 nitrogen and oxygen atoms in total. The maximum absolute atomic E-state index is 12.4. The van der Waals surface area contributed by atoms with Crippen molar-refractivity contribution in [1.82, 2.24) is 10.6 Å². The Morgan fingerprint density at radius 1 is 1.41 bits per heavy atom. The minimum absolute atomic E-state index is 0.242. The number of amides is 1. The zero-order valence-corrected chi connectivity index (χ0v) is 11.2. The van der Waals surface area contributed by atoms with Gasteiger partial charge in [-0.1, -0.05) is 26.7 Å². The van der Waals surface area contributed by atoms with Crippen LogP contribution in [0.15, 0.2) is 0 Å². The zero-order chi connectivity index (χ0) is 12.3. The summed E-state index contributed by atoms with van der Waals surface area (Å²) in [6, 6.07) is 0.471. The van der Waals surface area contributed by atoms with Crippen LogP contribution in [-0.4, -0.2) is 24.0 Å². The highest BCUT2D eigenvalue weighted by molar-refractivity contribution is 5.87. The van der Waals surface area contributed by atoms with Crippen LogP contribution in [0.5, 0.6) is 0 Å². The Balaban J connectivity index is 1.85. The van der Waals surface area contributed by atoms with Crippen LogP contribution >= 0.6 is 0 Å². The van der Waals surface area contributed by atoms with Gasteiger partial charge in [-0.05, 0) is 44.6 Å². The first-order valence-electron chi connectivity index (χ1n) is 7.28. The first-order valence-corrected chi connectivity index (χ1v) is 7.28. The molecule has 3 heteroatoms. The number of nitrogens with one attached hydrogen (secondary N) is 2. The summed E-state index contributed by atoms with van der Waals surface area (Å²) in [5, 5.41) is 6.69. The molecule has 1 amide bonds. The van der Waals surface area contributed by atoms with Gasteiger partial charge in [-0.15, -0.1) is 0 Å². The number of hydrogen-bond acceptors (Lipinski definition) is 2. The van der Waals surface area contributed by atoms with E-state index in [-0.39, 0.29) is 11.4 Å². The molecule has 2 aliphatic rings. The molecular weight excluding hydrogens is 212 g/mol. The van der Waals surface area contributed by atoms with Crippen molar-refractivity contribution < 1.29 is 4.79 Å². The fourth-order valence-corrected chi connectivity index (χ4v) is 3.17. The van der Waals surface area contributed by atoms with Crippen molar-refractivity contribution in [3.63, 3.8) is 0 Å². The molecule has 1 saturated carbocycles. The minimum atomic E-state index is -0.242. The van der Waals surface area contributed by atoms with Crippen LogP contribution in [0.1, 0.15) is 58.8 Å². The van der Waals surface area contributed by atoms with Crippen molar-refractivity contribution in [3.05, 3.63) is 0 Å². The predicted molar refractivity (Wildman–Crippen MR) is 69.8 cm³/mol. The SMILES string of the molecule is CCCC1CC1NC(=O)C1(CCC)CCCN1. The first-order chi connectivity index (χ1) is 8.22. The molecule has 0 spiro atoms. The monoisotopic (exact) mass is 238 g/mol. The molecule has 3 unspecified atom stereocenters. The second-order valence-electron chi connectivity index (χ2n) is 5.73. The van der Waals surface area contributed by atoms with E-state index in [0.717, 1.165) is 38.1 Å². The summed E-state index contributed by atoms with van der Waals surface area (Å²) >= 11 is 0. The van der Waals surface area contributed by atoms with Crippen molar-refractivity contribution in [2.75, 3.05) is 6.54 Å². The highest BCUT2D eigenvalue weighted by Crippen LogP contribution is 2.35. The molecule has 2 fully saturated rings. The second kappa shape index (κ2) is 5.38. The molecule has 98 valence electrons. The van der Waals surface area contributed by atoms with E-state index in [4.69, 9.17) is 0 Å². The van der Waals surface area contributed by atoms with Crippen LogP contribution in [0, 0.1) is 5.92 Å². The molecule has 1 aliphatic heterocycles. The van der Waals surface area contributed by atoms with Crippen LogP contribution in [0.3, 0.4) is 0 Å². The Hall–Kier alpha value is -0.570. The van der Waals surface area contributed by atoms with E-state index < -0.39 is 0 Å². The van der Waals surface area contributed by atoms with E-state index >= 15 is 0 Å². The van der Waals surface area contributed by atoms with Gasteiger partial charge >= 0.3 is 0 Å². The maximum Gasteiger partial charge on any atom is 0.240 e. The molecule has 3 atom stereocenters. The highest BCUT2D eigenvalue weighted by Gasteiger charge is 2.44. The number of carbonyl (C=O) groups is 1. The molecule has 1 heterocycles. The van der Waals surface area contributed by atoms with Crippen LogP contribution in [-0.2, 0) is 4.79 Å². The van der Waals surface area contributed by atoms with Gasteiger partial charge < -0.3 is 10.6 Å². The predicted octanol–water partition coefficient (Wildman–Crippen LogP) is 2.21. The van der Waals surface area contributed by atoms with E-state index in [0.29, 0.717) is 6.04 Å². The third-order valence-corrected chi connectivity index (χ3v) is 4.25. The van der Waals surface area contributed by atoms with Gasteiger partial charge in [0.05, 0.1) is 5.54 Å². The number of carbonyl (C=O) groups excluding carboxylic acids is 1. The molecule has 0 bridgehead atoms. The lowest BCUT2D eigenvalue weighted by atomic mass is 9.91. The summed E-state index contributed by atoms with van der Waals surface area (Å²) in [7, 11) is 0. The Bertz CT molecular complexity index is 271. The largest absolute Gasteiger partial charge is 0.351 e. The molecule has 0 aromatic rings. The van der Waals surface area contributed by atoms with Crippen molar-refractivity contribution in [1.29, 1.82) is 0 Å². The first kappa shape index (κ1) is 12.9. The minimum Gasteiger partial charge on any atom is -0.351 e. The van der Waals surface area contributed by atoms with Gasteiger partial charge in [-0.3, -0.25) is 4.79 Å². The van der Waals surface area contributed by atoms with Crippen LogP contribution in [0.2, 0.25) is 0 Å². The topological polar surface area (TPSA) is 41.1 Å². The lowest BCUT2D eigenvalue weighted by Gasteiger charge is -2.28. The van der Waals surface area contributed by atoms with Crippen LogP contribution in [0.25, 0.3) is 0 Å². The molecular formula is C14H26N2O. The van der Waals surface area contributed by atoms with Gasteiger partial charge in [-0.25, -0.2) is 0 Å². The fraction of sp³-hybridized carbons (Fsp3) is 0.929. The standard InChI is InChI=1S/C14H26N2O/c1-3-6-11-10-12(11)16-13(17)14(7-4-2)8-5-9-15-14/h11-12,15H,3-10H2,1-2H3,(H,16,17). The number of rotatable bonds is 6. The summed E-state index contributed by atoms with van der Waals surface area (Å²) in [5.41, 5.74) is -0.242. The molecule has 1 saturated heterocycles. The fourth-order valence-electron chi connectivity index (χ4n) is 3.17. The second-order valence-corrected chi connectivity index (χ2v) is 5.73.